The summed E-state index contributed by atoms with van der Waals surface area (Å²) in [5, 5.41) is 3.75. The zero-order chi connectivity index (χ0) is 28.1. The van der Waals surface area contributed by atoms with Gasteiger partial charge < -0.3 is 14.8 Å². The summed E-state index contributed by atoms with van der Waals surface area (Å²) in [4.78, 5) is 52.0. The third kappa shape index (κ3) is 6.74. The Balaban J connectivity index is 1.40. The zero-order valence-electron chi connectivity index (χ0n) is 22.5. The van der Waals surface area contributed by atoms with E-state index in [-0.39, 0.29) is 42.4 Å². The minimum absolute atomic E-state index is 0.0454. The number of ketones is 2. The van der Waals surface area contributed by atoms with Gasteiger partial charge in [-0.05, 0) is 54.7 Å². The number of aromatic nitrogens is 1. The third-order valence-corrected chi connectivity index (χ3v) is 7.68. The lowest BCUT2D eigenvalue weighted by Crippen LogP contribution is -2.61. The number of amides is 2. The van der Waals surface area contributed by atoms with Gasteiger partial charge >= 0.3 is 0 Å². The number of nitrogens with one attached hydrogen (secondary N) is 1. The number of hydrogen-bond donors (Lipinski definition) is 1. The van der Waals surface area contributed by atoms with Crippen molar-refractivity contribution in [3.63, 3.8) is 0 Å². The Morgan fingerprint density at radius 3 is 2.51 bits per heavy atom. The molecule has 0 bridgehead atoms. The Morgan fingerprint density at radius 2 is 1.82 bits per heavy atom. The second kappa shape index (κ2) is 12.6. The Labute approximate surface area is 237 Å². The quantitative estimate of drug-likeness (QED) is 0.238. The number of aryl methyl sites for hydroxylation is 2. The van der Waals surface area contributed by atoms with Crippen LogP contribution < -0.4 is 5.32 Å². The molecule has 0 aliphatic carbocycles. The van der Waals surface area contributed by atoms with E-state index in [1.165, 1.54) is 11.6 Å². The fourth-order valence-electron chi connectivity index (χ4n) is 5.22. The molecule has 8 heteroatoms. The smallest absolute Gasteiger partial charge is 0.246 e. The molecule has 1 aromatic heterocycles. The molecular formula is C31H34BrN3O4. The number of hydrogen-bond acceptors (Lipinski definition) is 4. The first-order chi connectivity index (χ1) is 18.7. The van der Waals surface area contributed by atoms with Gasteiger partial charge in [0.05, 0.1) is 11.6 Å². The summed E-state index contributed by atoms with van der Waals surface area (Å²) in [6, 6.07) is 11.7. The van der Waals surface area contributed by atoms with Gasteiger partial charge in [-0.1, -0.05) is 53.7 Å². The van der Waals surface area contributed by atoms with E-state index in [0.29, 0.717) is 37.9 Å². The Bertz CT molecular complexity index is 1440. The molecule has 0 unspecified atom stereocenters. The highest BCUT2D eigenvalue weighted by atomic mass is 79.9. The van der Waals surface area contributed by atoms with E-state index >= 15 is 0 Å². The lowest BCUT2D eigenvalue weighted by molar-refractivity contribution is -0.133. The highest BCUT2D eigenvalue weighted by Crippen LogP contribution is 2.30. The maximum atomic E-state index is 13.3. The number of likely N-dealkylation sites (tertiary alicyclic amines) is 1. The first-order valence-corrected chi connectivity index (χ1v) is 14.1. The molecule has 204 valence electrons. The van der Waals surface area contributed by atoms with Gasteiger partial charge in [-0.2, -0.15) is 0 Å². The lowest BCUT2D eigenvalue weighted by atomic mass is 9.97. The van der Waals surface area contributed by atoms with Crippen LogP contribution in [0.2, 0.25) is 0 Å². The van der Waals surface area contributed by atoms with Crippen molar-refractivity contribution < 1.29 is 19.2 Å². The molecule has 0 spiro atoms. The maximum Gasteiger partial charge on any atom is 0.246 e. The molecule has 2 heterocycles. The Kier molecular flexibility index (Phi) is 9.17. The van der Waals surface area contributed by atoms with Crippen LogP contribution in [0.15, 0.2) is 59.7 Å². The van der Waals surface area contributed by atoms with Gasteiger partial charge in [0.1, 0.15) is 12.3 Å². The van der Waals surface area contributed by atoms with Gasteiger partial charge in [0.2, 0.25) is 11.8 Å². The normalized spacial score (nSPS) is 13.3. The van der Waals surface area contributed by atoms with E-state index in [1.807, 2.05) is 47.9 Å². The molecule has 0 radical (unpaired) electrons. The van der Waals surface area contributed by atoms with Gasteiger partial charge in [-0.25, -0.2) is 0 Å². The number of nitrogens with zero attached hydrogens (tertiary/aromatic N) is 2. The van der Waals surface area contributed by atoms with Crippen LogP contribution in [-0.2, 0) is 33.8 Å². The highest BCUT2D eigenvalue weighted by molar-refractivity contribution is 9.10. The average molecular weight is 593 g/mol. The minimum Gasteiger partial charge on any atom is -0.348 e. The van der Waals surface area contributed by atoms with Crippen molar-refractivity contribution in [3.05, 3.63) is 82.0 Å². The lowest BCUT2D eigenvalue weighted by Gasteiger charge is -2.38. The Morgan fingerprint density at radius 1 is 1.10 bits per heavy atom. The van der Waals surface area contributed by atoms with Gasteiger partial charge in [-0.3, -0.25) is 19.2 Å². The van der Waals surface area contributed by atoms with E-state index < -0.39 is 0 Å². The van der Waals surface area contributed by atoms with E-state index in [0.717, 1.165) is 32.9 Å². The Hall–Kier alpha value is -3.52. The molecular weight excluding hydrogens is 558 g/mol. The molecule has 39 heavy (non-hydrogen) atoms. The van der Waals surface area contributed by atoms with Crippen LogP contribution >= 0.6 is 15.9 Å². The van der Waals surface area contributed by atoms with Gasteiger partial charge in [0, 0.05) is 54.0 Å². The van der Waals surface area contributed by atoms with Crippen LogP contribution in [0, 0.1) is 6.92 Å². The van der Waals surface area contributed by atoms with E-state index in [4.69, 9.17) is 0 Å². The molecule has 4 rings (SSSR count). The molecule has 1 N–H and O–H groups in total. The van der Waals surface area contributed by atoms with Gasteiger partial charge in [-0.15, -0.1) is 0 Å². The molecule has 0 atom stereocenters. The van der Waals surface area contributed by atoms with Gasteiger partial charge in [0.25, 0.3) is 0 Å². The third-order valence-electron chi connectivity index (χ3n) is 7.22. The topological polar surface area (TPSA) is 88.5 Å². The average Bonchev–Trinajstić information content (AvgIpc) is 3.23. The van der Waals surface area contributed by atoms with E-state index in [2.05, 4.69) is 34.7 Å². The van der Waals surface area contributed by atoms with Crippen molar-refractivity contribution >= 4 is 50.2 Å². The first kappa shape index (κ1) is 28.5. The number of carbonyl (C=O) groups is 4. The first-order valence-electron chi connectivity index (χ1n) is 13.3. The standard InChI is InChI=1S/C31H34BrN3O4/c1-4-21-9-6-7-10-22(21)14-25(36)11-8-12-28(37)27-18-35(31-20(3)13-23(32)15-26(27)31)19-29(38)33-24-16-34(17-24)30(39)5-2/h5-7,9-10,13,15,18,24H,2,4,8,11-12,14,16-17,19H2,1,3H3,(H,33,38). The molecule has 1 aliphatic heterocycles. The molecule has 1 aliphatic rings. The number of fused-ring (bicyclic) bond motifs is 1. The maximum absolute atomic E-state index is 13.3. The fourth-order valence-corrected chi connectivity index (χ4v) is 5.79. The van der Waals surface area contributed by atoms with E-state index in [9.17, 15) is 19.2 Å². The van der Waals surface area contributed by atoms with Gasteiger partial charge in [0.15, 0.2) is 5.78 Å². The molecule has 1 fully saturated rings. The van der Waals surface area contributed by atoms with Crippen molar-refractivity contribution in [2.24, 2.45) is 0 Å². The summed E-state index contributed by atoms with van der Waals surface area (Å²) < 4.78 is 2.67. The van der Waals surface area contributed by atoms with Crippen LogP contribution in [-0.4, -0.2) is 52.0 Å². The van der Waals surface area contributed by atoms with Crippen molar-refractivity contribution in [2.45, 2.75) is 58.5 Å². The van der Waals surface area contributed by atoms with E-state index in [1.54, 1.807) is 11.1 Å². The summed E-state index contributed by atoms with van der Waals surface area (Å²) in [7, 11) is 0. The van der Waals surface area contributed by atoms with Crippen LogP contribution in [0.4, 0.5) is 0 Å². The van der Waals surface area contributed by atoms with Crippen LogP contribution in [0.3, 0.4) is 0 Å². The summed E-state index contributed by atoms with van der Waals surface area (Å²) in [5.41, 5.74) is 4.57. The number of benzene rings is 2. The predicted octanol–water partition coefficient (Wildman–Crippen LogP) is 4.95. The second-order valence-electron chi connectivity index (χ2n) is 10.1. The minimum atomic E-state index is -0.179. The molecule has 7 nitrogen and oxygen atoms in total. The predicted molar refractivity (Wildman–Crippen MR) is 156 cm³/mol. The van der Waals surface area contributed by atoms with Crippen molar-refractivity contribution in [2.75, 3.05) is 13.1 Å². The second-order valence-corrected chi connectivity index (χ2v) is 11.0. The summed E-state index contributed by atoms with van der Waals surface area (Å²) in [6.07, 6.45) is 5.37. The summed E-state index contributed by atoms with van der Waals surface area (Å²) in [5.74, 6) is -0.239. The molecule has 3 aromatic rings. The molecule has 2 aromatic carbocycles. The number of halogens is 1. The number of Topliss-reactive ketones (excluding diaryl/α,β-unsaturated/α-hetero) is 2. The van der Waals surface area contributed by atoms with Crippen LogP contribution in [0.1, 0.15) is 53.2 Å². The number of carbonyl (C=O) groups excluding carboxylic acids is 4. The highest BCUT2D eigenvalue weighted by Gasteiger charge is 2.30. The monoisotopic (exact) mass is 591 g/mol. The number of rotatable bonds is 12. The molecule has 2 amide bonds. The summed E-state index contributed by atoms with van der Waals surface area (Å²) >= 11 is 3.53. The van der Waals surface area contributed by atoms with Crippen molar-refractivity contribution in [1.82, 2.24) is 14.8 Å². The molecule has 0 saturated carbocycles. The molecule has 1 saturated heterocycles. The van der Waals surface area contributed by atoms with Crippen molar-refractivity contribution in [1.29, 1.82) is 0 Å². The SMILES string of the molecule is C=CC(=O)N1CC(NC(=O)Cn2cc(C(=O)CCCC(=O)Cc3ccccc3CC)c3cc(Br)cc(C)c32)C1. The van der Waals surface area contributed by atoms with Crippen LogP contribution in [0.25, 0.3) is 10.9 Å². The van der Waals surface area contributed by atoms with Crippen molar-refractivity contribution in [3.8, 4) is 0 Å². The summed E-state index contributed by atoms with van der Waals surface area (Å²) in [6.45, 7) is 8.50. The fraction of sp³-hybridized carbons (Fsp3) is 0.355. The zero-order valence-corrected chi connectivity index (χ0v) is 24.1. The van der Waals surface area contributed by atoms with Crippen LogP contribution in [0.5, 0.6) is 0 Å². The largest absolute Gasteiger partial charge is 0.348 e.